The van der Waals surface area contributed by atoms with Gasteiger partial charge in [-0.3, -0.25) is 0 Å². The Morgan fingerprint density at radius 2 is 2.00 bits per heavy atom. The van der Waals surface area contributed by atoms with Crippen LogP contribution in [-0.4, -0.2) is 18.4 Å². The molecule has 0 radical (unpaired) electrons. The number of carbonyl (C=O) groups is 1. The van der Waals surface area contributed by atoms with Gasteiger partial charge in [0.1, 0.15) is 0 Å². The summed E-state index contributed by atoms with van der Waals surface area (Å²) in [6, 6.07) is 4.90. The molecule has 2 rings (SSSR count). The molecule has 0 unspecified atom stereocenters. The number of carbonyl (C=O) groups excluding carboxylic acids is 1. The quantitative estimate of drug-likeness (QED) is 0.790. The van der Waals surface area contributed by atoms with Crippen LogP contribution < -0.4 is 0 Å². The molecule has 0 atom stereocenters. The van der Waals surface area contributed by atoms with E-state index in [4.69, 9.17) is 37.4 Å². The molecule has 0 bridgehead atoms. The van der Waals surface area contributed by atoms with E-state index in [2.05, 4.69) is 0 Å². The molecule has 0 saturated carbocycles. The summed E-state index contributed by atoms with van der Waals surface area (Å²) in [6.07, 6.45) is 0. The first-order valence-corrected chi connectivity index (χ1v) is 6.84. The summed E-state index contributed by atoms with van der Waals surface area (Å²) in [5.74, 6) is -1.27. The van der Waals surface area contributed by atoms with Crippen molar-refractivity contribution in [1.82, 2.24) is 0 Å². The number of benzene rings is 1. The third-order valence-corrected chi connectivity index (χ3v) is 3.09. The Hall–Kier alpha value is -1.39. The van der Waals surface area contributed by atoms with Crippen LogP contribution in [0.3, 0.4) is 0 Å². The lowest BCUT2D eigenvalue weighted by Gasteiger charge is -2.18. The van der Waals surface area contributed by atoms with Crippen LogP contribution in [0.4, 0.5) is 0 Å². The molecule has 1 aliphatic heterocycles. The largest absolute Gasteiger partial charge is 0.460 e. The van der Waals surface area contributed by atoms with Crippen LogP contribution in [0.2, 0.25) is 10.0 Å². The van der Waals surface area contributed by atoms with E-state index in [9.17, 15) is 4.79 Å². The summed E-state index contributed by atoms with van der Waals surface area (Å²) in [5, 5.41) is 0.866. The topological polar surface area (TPSA) is 44.8 Å². The molecule has 0 spiro atoms. The maximum Gasteiger partial charge on any atom is 0.377 e. The Morgan fingerprint density at radius 3 is 2.60 bits per heavy atom. The molecule has 6 heteroatoms. The minimum atomic E-state index is -0.958. The Balaban J connectivity index is 2.48. The van der Waals surface area contributed by atoms with Crippen LogP contribution in [-0.2, 0) is 19.0 Å². The van der Waals surface area contributed by atoms with Crippen LogP contribution in [0.25, 0.3) is 5.76 Å². The standard InChI is InChI=1S/C14H14Cl2O4/c1-4-18-13(17)12-11(19-14(2,3)20-12)9-6-5-8(15)7-10(9)16/h5-7H,4H2,1-3H3. The van der Waals surface area contributed by atoms with E-state index in [0.717, 1.165) is 0 Å². The summed E-state index contributed by atoms with van der Waals surface area (Å²) in [6.45, 7) is 5.36. The maximum absolute atomic E-state index is 11.9. The van der Waals surface area contributed by atoms with Crippen molar-refractivity contribution in [2.24, 2.45) is 0 Å². The molecule has 1 heterocycles. The van der Waals surface area contributed by atoms with Crippen molar-refractivity contribution in [1.29, 1.82) is 0 Å². The predicted octanol–water partition coefficient (Wildman–Crippen LogP) is 4.01. The average molecular weight is 317 g/mol. The van der Waals surface area contributed by atoms with Gasteiger partial charge in [0.2, 0.25) is 5.79 Å². The summed E-state index contributed by atoms with van der Waals surface area (Å²) in [4.78, 5) is 11.9. The molecule has 1 aromatic carbocycles. The fourth-order valence-electron chi connectivity index (χ4n) is 1.79. The molecule has 1 aliphatic rings. The third kappa shape index (κ3) is 3.02. The monoisotopic (exact) mass is 316 g/mol. The lowest BCUT2D eigenvalue weighted by atomic mass is 10.1. The van der Waals surface area contributed by atoms with Crippen molar-refractivity contribution in [2.45, 2.75) is 26.6 Å². The first-order chi connectivity index (χ1) is 9.34. The molecule has 0 fully saturated rings. The molecule has 108 valence electrons. The summed E-state index contributed by atoms with van der Waals surface area (Å²) < 4.78 is 16.1. The highest BCUT2D eigenvalue weighted by molar-refractivity contribution is 6.35. The summed E-state index contributed by atoms with van der Waals surface area (Å²) in [7, 11) is 0. The smallest absolute Gasteiger partial charge is 0.377 e. The van der Waals surface area contributed by atoms with Gasteiger partial charge in [-0.2, -0.15) is 0 Å². The fourth-order valence-corrected chi connectivity index (χ4v) is 2.28. The van der Waals surface area contributed by atoms with E-state index < -0.39 is 11.8 Å². The number of hydrogen-bond acceptors (Lipinski definition) is 4. The van der Waals surface area contributed by atoms with Crippen LogP contribution in [0.1, 0.15) is 26.3 Å². The number of esters is 1. The van der Waals surface area contributed by atoms with Gasteiger partial charge in [-0.05, 0) is 25.1 Å². The lowest BCUT2D eigenvalue weighted by molar-refractivity contribution is -0.152. The number of rotatable bonds is 3. The van der Waals surface area contributed by atoms with Crippen LogP contribution in [0, 0.1) is 0 Å². The molecular formula is C14H14Cl2O4. The number of halogens is 2. The van der Waals surface area contributed by atoms with Crippen molar-refractivity contribution in [3.05, 3.63) is 39.6 Å². The first kappa shape index (κ1) is 15.0. The van der Waals surface area contributed by atoms with E-state index >= 15 is 0 Å². The van der Waals surface area contributed by atoms with Gasteiger partial charge >= 0.3 is 5.97 Å². The summed E-state index contributed by atoms with van der Waals surface area (Å²) in [5.41, 5.74) is 0.532. The number of ether oxygens (including phenoxy) is 3. The minimum Gasteiger partial charge on any atom is -0.460 e. The molecule has 20 heavy (non-hydrogen) atoms. The second-order valence-corrected chi connectivity index (χ2v) is 5.45. The minimum absolute atomic E-state index is 0.0149. The zero-order valence-corrected chi connectivity index (χ0v) is 12.8. The van der Waals surface area contributed by atoms with Crippen LogP contribution in [0.15, 0.2) is 24.0 Å². The van der Waals surface area contributed by atoms with E-state index in [1.54, 1.807) is 39.0 Å². The Morgan fingerprint density at radius 1 is 1.30 bits per heavy atom. The molecular weight excluding hydrogens is 303 g/mol. The van der Waals surface area contributed by atoms with Crippen LogP contribution in [0.5, 0.6) is 0 Å². The molecule has 0 aliphatic carbocycles. The van der Waals surface area contributed by atoms with Gasteiger partial charge in [0, 0.05) is 24.4 Å². The number of hydrogen-bond donors (Lipinski definition) is 0. The van der Waals surface area contributed by atoms with Crippen LogP contribution >= 0.6 is 23.2 Å². The van der Waals surface area contributed by atoms with Crippen molar-refractivity contribution in [3.8, 4) is 0 Å². The highest BCUT2D eigenvalue weighted by Crippen LogP contribution is 2.39. The van der Waals surface area contributed by atoms with Gasteiger partial charge in [-0.15, -0.1) is 0 Å². The van der Waals surface area contributed by atoms with E-state index in [-0.39, 0.29) is 18.1 Å². The first-order valence-electron chi connectivity index (χ1n) is 6.09. The molecule has 4 nitrogen and oxygen atoms in total. The van der Waals surface area contributed by atoms with Crippen molar-refractivity contribution < 1.29 is 19.0 Å². The van der Waals surface area contributed by atoms with Gasteiger partial charge in [-0.1, -0.05) is 23.2 Å². The van der Waals surface area contributed by atoms with Gasteiger partial charge in [-0.25, -0.2) is 4.79 Å². The SMILES string of the molecule is CCOC(=O)C1=C(c2ccc(Cl)cc2Cl)OC(C)(C)O1. The Labute approximate surface area is 127 Å². The second kappa shape index (κ2) is 5.54. The Bertz CT molecular complexity index is 579. The fraction of sp³-hybridized carbons (Fsp3) is 0.357. The van der Waals surface area contributed by atoms with E-state index in [1.165, 1.54) is 0 Å². The van der Waals surface area contributed by atoms with Gasteiger partial charge in [0.25, 0.3) is 5.76 Å². The second-order valence-electron chi connectivity index (χ2n) is 4.61. The zero-order valence-electron chi connectivity index (χ0n) is 11.3. The van der Waals surface area contributed by atoms with Gasteiger partial charge in [0.05, 0.1) is 11.6 Å². The molecule has 0 N–H and O–H groups in total. The molecule has 0 aromatic heterocycles. The van der Waals surface area contributed by atoms with Gasteiger partial charge in [0.15, 0.2) is 5.76 Å². The lowest BCUT2D eigenvalue weighted by Crippen LogP contribution is -2.22. The average Bonchev–Trinajstić information content (AvgIpc) is 2.65. The highest BCUT2D eigenvalue weighted by Gasteiger charge is 2.39. The maximum atomic E-state index is 11.9. The predicted molar refractivity (Wildman–Crippen MR) is 76.3 cm³/mol. The summed E-state index contributed by atoms with van der Waals surface area (Å²) >= 11 is 12.0. The molecule has 0 saturated heterocycles. The third-order valence-electron chi connectivity index (χ3n) is 2.54. The zero-order chi connectivity index (χ0) is 14.9. The van der Waals surface area contributed by atoms with E-state index in [0.29, 0.717) is 15.6 Å². The molecule has 0 amide bonds. The van der Waals surface area contributed by atoms with Crippen molar-refractivity contribution >= 4 is 34.9 Å². The normalized spacial score (nSPS) is 16.6. The van der Waals surface area contributed by atoms with E-state index in [1.807, 2.05) is 0 Å². The van der Waals surface area contributed by atoms with Crippen molar-refractivity contribution in [3.63, 3.8) is 0 Å². The Kier molecular flexibility index (Phi) is 4.16. The molecule has 1 aromatic rings. The highest BCUT2D eigenvalue weighted by atomic mass is 35.5. The van der Waals surface area contributed by atoms with Crippen molar-refractivity contribution in [2.75, 3.05) is 6.61 Å². The van der Waals surface area contributed by atoms with Gasteiger partial charge < -0.3 is 14.2 Å².